The van der Waals surface area contributed by atoms with Crippen LogP contribution in [0.4, 0.5) is 0 Å². The van der Waals surface area contributed by atoms with Gasteiger partial charge >= 0.3 is 0 Å². The molecule has 1 aliphatic heterocycles. The third kappa shape index (κ3) is 2.05. The van der Waals surface area contributed by atoms with Gasteiger partial charge in [0.25, 0.3) is 5.91 Å². The molecule has 0 spiro atoms. The lowest BCUT2D eigenvalue weighted by atomic mass is 9.97. The number of likely N-dealkylation sites (N-methyl/N-ethyl adjacent to an activating group) is 1. The second-order valence-electron chi connectivity index (χ2n) is 4.85. The number of carbonyl (C=O) groups is 2. The van der Waals surface area contributed by atoms with Gasteiger partial charge in [0.15, 0.2) is 10.4 Å². The van der Waals surface area contributed by atoms with Crippen molar-refractivity contribution in [2.45, 2.75) is 19.4 Å². The van der Waals surface area contributed by atoms with Crippen LogP contribution in [0, 0.1) is 0 Å². The summed E-state index contributed by atoms with van der Waals surface area (Å²) in [6, 6.07) is 3.27. The number of rotatable bonds is 1. The molecular weight excluding hydrogens is 300 g/mol. The normalized spacial score (nSPS) is 19.2. The van der Waals surface area contributed by atoms with Crippen LogP contribution in [-0.4, -0.2) is 47.3 Å². The van der Waals surface area contributed by atoms with E-state index in [9.17, 15) is 9.59 Å². The third-order valence-electron chi connectivity index (χ3n) is 3.23. The molecule has 0 bridgehead atoms. The van der Waals surface area contributed by atoms with Gasteiger partial charge in [0.2, 0.25) is 5.91 Å². The minimum absolute atomic E-state index is 0.0623. The van der Waals surface area contributed by atoms with Crippen molar-refractivity contribution in [3.8, 4) is 0 Å². The quantitative estimate of drug-likeness (QED) is 0.793. The monoisotopic (exact) mass is 314 g/mol. The molecule has 6 heteroatoms. The summed E-state index contributed by atoms with van der Waals surface area (Å²) in [6.45, 7) is 4.55. The highest BCUT2D eigenvalue weighted by Crippen LogP contribution is 2.25. The van der Waals surface area contributed by atoms with Crippen LogP contribution >= 0.6 is 15.9 Å². The molecule has 0 N–H and O–H groups in total. The third-order valence-corrected chi connectivity index (χ3v) is 3.66. The largest absolute Gasteiger partial charge is 0.444 e. The number of hydrogen-bond acceptors (Lipinski definition) is 3. The van der Waals surface area contributed by atoms with E-state index in [-0.39, 0.29) is 17.6 Å². The summed E-state index contributed by atoms with van der Waals surface area (Å²) in [5.74, 6) is -0.0767. The number of halogens is 1. The van der Waals surface area contributed by atoms with Crippen LogP contribution in [0.5, 0.6) is 0 Å². The van der Waals surface area contributed by atoms with E-state index < -0.39 is 5.54 Å². The summed E-state index contributed by atoms with van der Waals surface area (Å²) in [7, 11) is 1.75. The molecule has 1 saturated heterocycles. The van der Waals surface area contributed by atoms with Crippen LogP contribution in [0.2, 0.25) is 0 Å². The van der Waals surface area contributed by atoms with Crippen molar-refractivity contribution in [3.05, 3.63) is 22.6 Å². The molecule has 0 saturated carbocycles. The summed E-state index contributed by atoms with van der Waals surface area (Å²) in [5.41, 5.74) is -0.844. The highest BCUT2D eigenvalue weighted by molar-refractivity contribution is 9.10. The molecule has 98 valence electrons. The molecule has 0 aliphatic carbocycles. The zero-order valence-corrected chi connectivity index (χ0v) is 12.2. The predicted octanol–water partition coefficient (Wildman–Crippen LogP) is 1.73. The summed E-state index contributed by atoms with van der Waals surface area (Å²) in [4.78, 5) is 27.6. The smallest absolute Gasteiger partial charge is 0.290 e. The van der Waals surface area contributed by atoms with E-state index in [1.807, 2.05) is 0 Å². The van der Waals surface area contributed by atoms with Gasteiger partial charge in [-0.2, -0.15) is 0 Å². The lowest BCUT2D eigenvalue weighted by molar-refractivity contribution is -0.144. The molecule has 18 heavy (non-hydrogen) atoms. The fraction of sp³-hybridized carbons (Fsp3) is 0.500. The second-order valence-corrected chi connectivity index (χ2v) is 5.63. The van der Waals surface area contributed by atoms with Crippen molar-refractivity contribution in [1.82, 2.24) is 9.80 Å². The van der Waals surface area contributed by atoms with Gasteiger partial charge in [0.05, 0.1) is 0 Å². The Bertz CT molecular complexity index is 495. The Hall–Kier alpha value is -1.30. The van der Waals surface area contributed by atoms with Crippen molar-refractivity contribution >= 4 is 27.7 Å². The molecule has 2 amide bonds. The highest BCUT2D eigenvalue weighted by Gasteiger charge is 2.43. The first kappa shape index (κ1) is 13.1. The molecule has 1 aromatic rings. The summed E-state index contributed by atoms with van der Waals surface area (Å²) >= 11 is 3.16. The maximum Gasteiger partial charge on any atom is 0.290 e. The zero-order chi connectivity index (χ0) is 13.5. The first-order valence-corrected chi connectivity index (χ1v) is 6.46. The van der Waals surface area contributed by atoms with Gasteiger partial charge in [-0.25, -0.2) is 0 Å². The number of piperazine rings is 1. The highest BCUT2D eigenvalue weighted by atomic mass is 79.9. The standard InChI is InChI=1S/C12H15BrN2O3/c1-12(2)11(17)14(3)6-7-15(12)10(16)8-4-5-9(13)18-8/h4-5H,6-7H2,1-3H3. The van der Waals surface area contributed by atoms with Gasteiger partial charge < -0.3 is 14.2 Å². The number of furan rings is 1. The fourth-order valence-electron chi connectivity index (χ4n) is 2.13. The molecule has 2 heterocycles. The maximum atomic E-state index is 12.3. The van der Waals surface area contributed by atoms with E-state index in [1.54, 1.807) is 42.8 Å². The van der Waals surface area contributed by atoms with Crippen LogP contribution in [0.15, 0.2) is 21.2 Å². The Morgan fingerprint density at radius 3 is 2.61 bits per heavy atom. The molecule has 2 rings (SSSR count). The van der Waals surface area contributed by atoms with Crippen LogP contribution in [0.25, 0.3) is 0 Å². The second kappa shape index (κ2) is 4.42. The maximum absolute atomic E-state index is 12.3. The molecule has 0 atom stereocenters. The summed E-state index contributed by atoms with van der Waals surface area (Å²) in [6.07, 6.45) is 0. The van der Waals surface area contributed by atoms with E-state index in [0.29, 0.717) is 17.8 Å². The van der Waals surface area contributed by atoms with Gasteiger partial charge in [-0.15, -0.1) is 0 Å². The van der Waals surface area contributed by atoms with Gasteiger partial charge in [0, 0.05) is 20.1 Å². The van der Waals surface area contributed by atoms with Crippen molar-refractivity contribution in [2.24, 2.45) is 0 Å². The first-order valence-electron chi connectivity index (χ1n) is 5.67. The molecule has 0 aromatic carbocycles. The van der Waals surface area contributed by atoms with E-state index in [1.165, 1.54) is 0 Å². The molecule has 1 aliphatic rings. The first-order chi connectivity index (χ1) is 8.34. The minimum Gasteiger partial charge on any atom is -0.444 e. The Morgan fingerprint density at radius 1 is 1.39 bits per heavy atom. The van der Waals surface area contributed by atoms with Gasteiger partial charge in [-0.1, -0.05) is 0 Å². The molecule has 5 nitrogen and oxygen atoms in total. The Labute approximate surface area is 114 Å². The molecule has 1 fully saturated rings. The Balaban J connectivity index is 2.28. The van der Waals surface area contributed by atoms with E-state index >= 15 is 0 Å². The lowest BCUT2D eigenvalue weighted by Gasteiger charge is -2.44. The van der Waals surface area contributed by atoms with Gasteiger partial charge in [0.1, 0.15) is 5.54 Å². The van der Waals surface area contributed by atoms with Crippen LogP contribution in [-0.2, 0) is 4.79 Å². The van der Waals surface area contributed by atoms with E-state index in [0.717, 1.165) is 0 Å². The molecule has 1 aromatic heterocycles. The topological polar surface area (TPSA) is 53.8 Å². The summed E-state index contributed by atoms with van der Waals surface area (Å²) in [5, 5.41) is 0. The Morgan fingerprint density at radius 2 is 2.06 bits per heavy atom. The number of carbonyl (C=O) groups excluding carboxylic acids is 2. The number of nitrogens with zero attached hydrogens (tertiary/aromatic N) is 2. The fourth-order valence-corrected chi connectivity index (χ4v) is 2.44. The van der Waals surface area contributed by atoms with Crippen molar-refractivity contribution in [3.63, 3.8) is 0 Å². The van der Waals surface area contributed by atoms with Crippen molar-refractivity contribution in [2.75, 3.05) is 20.1 Å². The molecule has 0 unspecified atom stereocenters. The number of hydrogen-bond donors (Lipinski definition) is 0. The van der Waals surface area contributed by atoms with Crippen molar-refractivity contribution in [1.29, 1.82) is 0 Å². The zero-order valence-electron chi connectivity index (χ0n) is 10.6. The van der Waals surface area contributed by atoms with E-state index in [4.69, 9.17) is 4.42 Å². The van der Waals surface area contributed by atoms with Crippen LogP contribution in [0.3, 0.4) is 0 Å². The van der Waals surface area contributed by atoms with Crippen molar-refractivity contribution < 1.29 is 14.0 Å². The van der Waals surface area contributed by atoms with Gasteiger partial charge in [-0.3, -0.25) is 9.59 Å². The average molecular weight is 315 g/mol. The minimum atomic E-state index is -0.844. The van der Waals surface area contributed by atoms with Crippen LogP contribution in [0.1, 0.15) is 24.4 Å². The van der Waals surface area contributed by atoms with E-state index in [2.05, 4.69) is 15.9 Å². The molecule has 0 radical (unpaired) electrons. The van der Waals surface area contributed by atoms with Crippen LogP contribution < -0.4 is 0 Å². The lowest BCUT2D eigenvalue weighted by Crippen LogP contribution is -2.63. The van der Waals surface area contributed by atoms with Gasteiger partial charge in [-0.05, 0) is 41.9 Å². The average Bonchev–Trinajstić information content (AvgIpc) is 2.72. The Kier molecular flexibility index (Phi) is 3.23. The summed E-state index contributed by atoms with van der Waals surface area (Å²) < 4.78 is 5.76. The SMILES string of the molecule is CN1CCN(C(=O)c2ccc(Br)o2)C(C)(C)C1=O. The predicted molar refractivity (Wildman–Crippen MR) is 69.2 cm³/mol. The number of amides is 2. The molecular formula is C12H15BrN2O3.